The second kappa shape index (κ2) is 7.26. The summed E-state index contributed by atoms with van der Waals surface area (Å²) >= 11 is 0. The second-order valence-corrected chi connectivity index (χ2v) is 5.33. The molecule has 1 aromatic carbocycles. The van der Waals surface area contributed by atoms with E-state index in [-0.39, 0.29) is 5.91 Å². The minimum atomic E-state index is -0.408. The van der Waals surface area contributed by atoms with E-state index in [0.29, 0.717) is 11.3 Å². The van der Waals surface area contributed by atoms with Gasteiger partial charge in [0.1, 0.15) is 0 Å². The number of likely N-dealkylation sites (N-methyl/N-ethyl adjacent to an activating group) is 1. The third-order valence-electron chi connectivity index (χ3n) is 3.89. The highest BCUT2D eigenvalue weighted by Crippen LogP contribution is 2.28. The SMILES string of the molecule is CCN1CCN(c2ccc(C(=O)OC)cc2NC(C)=O)CC1. The van der Waals surface area contributed by atoms with Crippen LogP contribution in [0, 0.1) is 0 Å². The lowest BCUT2D eigenvalue weighted by molar-refractivity contribution is -0.114. The summed E-state index contributed by atoms with van der Waals surface area (Å²) in [5, 5.41) is 2.81. The number of hydrogen-bond donors (Lipinski definition) is 1. The van der Waals surface area contributed by atoms with Gasteiger partial charge in [0, 0.05) is 33.1 Å². The molecule has 0 bridgehead atoms. The molecule has 0 radical (unpaired) electrons. The Kier molecular flexibility index (Phi) is 5.38. The lowest BCUT2D eigenvalue weighted by Crippen LogP contribution is -2.46. The summed E-state index contributed by atoms with van der Waals surface area (Å²) in [7, 11) is 1.35. The van der Waals surface area contributed by atoms with Gasteiger partial charge in [-0.05, 0) is 24.7 Å². The van der Waals surface area contributed by atoms with Gasteiger partial charge in [0.05, 0.1) is 24.0 Å². The van der Waals surface area contributed by atoms with Gasteiger partial charge in [-0.25, -0.2) is 4.79 Å². The third-order valence-corrected chi connectivity index (χ3v) is 3.89. The molecule has 1 aromatic rings. The minimum Gasteiger partial charge on any atom is -0.465 e. The van der Waals surface area contributed by atoms with Gasteiger partial charge in [0.15, 0.2) is 0 Å². The van der Waals surface area contributed by atoms with E-state index in [1.54, 1.807) is 12.1 Å². The summed E-state index contributed by atoms with van der Waals surface area (Å²) in [4.78, 5) is 27.7. The van der Waals surface area contributed by atoms with E-state index in [1.165, 1.54) is 14.0 Å². The highest BCUT2D eigenvalue weighted by atomic mass is 16.5. The number of esters is 1. The summed E-state index contributed by atoms with van der Waals surface area (Å²) in [6.45, 7) is 8.46. The van der Waals surface area contributed by atoms with Gasteiger partial charge >= 0.3 is 5.97 Å². The number of methoxy groups -OCH3 is 1. The predicted octanol–water partition coefficient (Wildman–Crippen LogP) is 1.57. The Morgan fingerprint density at radius 1 is 1.23 bits per heavy atom. The number of anilines is 2. The average molecular weight is 305 g/mol. The fourth-order valence-electron chi connectivity index (χ4n) is 2.65. The number of piperazine rings is 1. The number of nitrogens with one attached hydrogen (secondary N) is 1. The van der Waals surface area contributed by atoms with Crippen LogP contribution in [0.25, 0.3) is 0 Å². The Labute approximate surface area is 131 Å². The van der Waals surface area contributed by atoms with Crippen molar-refractivity contribution in [2.75, 3.05) is 50.1 Å². The van der Waals surface area contributed by atoms with E-state index in [9.17, 15) is 9.59 Å². The fourth-order valence-corrected chi connectivity index (χ4v) is 2.65. The van der Waals surface area contributed by atoms with Gasteiger partial charge in [-0.1, -0.05) is 6.92 Å². The van der Waals surface area contributed by atoms with Crippen LogP contribution >= 0.6 is 0 Å². The predicted molar refractivity (Wildman–Crippen MR) is 86.4 cm³/mol. The Morgan fingerprint density at radius 3 is 2.45 bits per heavy atom. The van der Waals surface area contributed by atoms with Crippen LogP contribution in [0.15, 0.2) is 18.2 Å². The molecule has 1 heterocycles. The molecule has 6 nitrogen and oxygen atoms in total. The van der Waals surface area contributed by atoms with Gasteiger partial charge < -0.3 is 19.9 Å². The number of benzene rings is 1. The Hall–Kier alpha value is -2.08. The van der Waals surface area contributed by atoms with Crippen molar-refractivity contribution in [1.82, 2.24) is 4.90 Å². The molecule has 0 unspecified atom stereocenters. The topological polar surface area (TPSA) is 61.9 Å². The van der Waals surface area contributed by atoms with Crippen LogP contribution in [0.4, 0.5) is 11.4 Å². The van der Waals surface area contributed by atoms with Gasteiger partial charge in [0.25, 0.3) is 0 Å². The Balaban J connectivity index is 2.26. The van der Waals surface area contributed by atoms with E-state index in [1.807, 2.05) is 6.07 Å². The molecule has 0 spiro atoms. The molecule has 0 saturated carbocycles. The van der Waals surface area contributed by atoms with Crippen LogP contribution in [0.1, 0.15) is 24.2 Å². The van der Waals surface area contributed by atoms with Crippen molar-refractivity contribution in [2.45, 2.75) is 13.8 Å². The molecule has 0 aliphatic carbocycles. The van der Waals surface area contributed by atoms with Crippen molar-refractivity contribution in [3.05, 3.63) is 23.8 Å². The summed E-state index contributed by atoms with van der Waals surface area (Å²) in [5.74, 6) is -0.565. The van der Waals surface area contributed by atoms with Crippen molar-refractivity contribution in [3.8, 4) is 0 Å². The number of rotatable bonds is 4. The number of amides is 1. The summed E-state index contributed by atoms with van der Waals surface area (Å²) in [6, 6.07) is 5.28. The van der Waals surface area contributed by atoms with Crippen molar-refractivity contribution in [3.63, 3.8) is 0 Å². The molecule has 0 atom stereocenters. The smallest absolute Gasteiger partial charge is 0.337 e. The first kappa shape index (κ1) is 16.3. The summed E-state index contributed by atoms with van der Waals surface area (Å²) in [5.41, 5.74) is 2.03. The van der Waals surface area contributed by atoms with Crippen LogP contribution in [-0.2, 0) is 9.53 Å². The van der Waals surface area contributed by atoms with Crippen LogP contribution in [0.3, 0.4) is 0 Å². The molecule has 1 saturated heterocycles. The van der Waals surface area contributed by atoms with Crippen molar-refractivity contribution < 1.29 is 14.3 Å². The van der Waals surface area contributed by atoms with E-state index in [0.717, 1.165) is 38.4 Å². The van der Waals surface area contributed by atoms with Crippen LogP contribution in [-0.4, -0.2) is 56.6 Å². The Bertz CT molecular complexity index is 552. The van der Waals surface area contributed by atoms with E-state index < -0.39 is 5.97 Å². The first-order valence-corrected chi connectivity index (χ1v) is 7.52. The van der Waals surface area contributed by atoms with Crippen LogP contribution < -0.4 is 10.2 Å². The summed E-state index contributed by atoms with van der Waals surface area (Å²) < 4.78 is 4.74. The zero-order valence-corrected chi connectivity index (χ0v) is 13.4. The molecule has 2 rings (SSSR count). The zero-order chi connectivity index (χ0) is 16.1. The van der Waals surface area contributed by atoms with Gasteiger partial charge in [0.2, 0.25) is 5.91 Å². The minimum absolute atomic E-state index is 0.157. The average Bonchev–Trinajstić information content (AvgIpc) is 2.53. The molecule has 1 aliphatic heterocycles. The third kappa shape index (κ3) is 3.76. The molecule has 1 aliphatic rings. The maximum atomic E-state index is 11.7. The molecule has 1 N–H and O–H groups in total. The lowest BCUT2D eigenvalue weighted by atomic mass is 10.1. The molecule has 1 amide bonds. The molecular weight excluding hydrogens is 282 g/mol. The number of carbonyl (C=O) groups is 2. The van der Waals surface area contributed by atoms with Gasteiger partial charge in [-0.3, -0.25) is 4.79 Å². The molecular formula is C16H23N3O3. The van der Waals surface area contributed by atoms with Crippen molar-refractivity contribution >= 4 is 23.3 Å². The molecule has 1 fully saturated rings. The highest BCUT2D eigenvalue weighted by Gasteiger charge is 2.20. The number of carbonyl (C=O) groups excluding carboxylic acids is 2. The first-order chi connectivity index (χ1) is 10.5. The Morgan fingerprint density at radius 2 is 1.91 bits per heavy atom. The number of nitrogens with zero attached hydrogens (tertiary/aromatic N) is 2. The van der Waals surface area contributed by atoms with Gasteiger partial charge in [-0.2, -0.15) is 0 Å². The van der Waals surface area contributed by atoms with E-state index in [2.05, 4.69) is 22.0 Å². The number of ether oxygens (including phenoxy) is 1. The van der Waals surface area contributed by atoms with E-state index in [4.69, 9.17) is 4.74 Å². The maximum Gasteiger partial charge on any atom is 0.337 e. The van der Waals surface area contributed by atoms with Gasteiger partial charge in [-0.15, -0.1) is 0 Å². The largest absolute Gasteiger partial charge is 0.465 e. The summed E-state index contributed by atoms with van der Waals surface area (Å²) in [6.07, 6.45) is 0. The first-order valence-electron chi connectivity index (χ1n) is 7.52. The zero-order valence-electron chi connectivity index (χ0n) is 13.4. The molecule has 22 heavy (non-hydrogen) atoms. The van der Waals surface area contributed by atoms with Crippen LogP contribution in [0.5, 0.6) is 0 Å². The second-order valence-electron chi connectivity index (χ2n) is 5.33. The monoisotopic (exact) mass is 305 g/mol. The van der Waals surface area contributed by atoms with Crippen molar-refractivity contribution in [2.24, 2.45) is 0 Å². The standard InChI is InChI=1S/C16H23N3O3/c1-4-18-7-9-19(10-8-18)15-6-5-13(16(21)22-3)11-14(15)17-12(2)20/h5-6,11H,4,7-10H2,1-3H3,(H,17,20). The lowest BCUT2D eigenvalue weighted by Gasteiger charge is -2.36. The highest BCUT2D eigenvalue weighted by molar-refractivity contribution is 5.97. The maximum absolute atomic E-state index is 11.7. The molecule has 6 heteroatoms. The normalized spacial score (nSPS) is 15.5. The molecule has 120 valence electrons. The van der Waals surface area contributed by atoms with E-state index >= 15 is 0 Å². The van der Waals surface area contributed by atoms with Crippen LogP contribution in [0.2, 0.25) is 0 Å². The molecule has 0 aromatic heterocycles. The number of hydrogen-bond acceptors (Lipinski definition) is 5. The quantitative estimate of drug-likeness (QED) is 0.856. The van der Waals surface area contributed by atoms with Crippen molar-refractivity contribution in [1.29, 1.82) is 0 Å². The fraction of sp³-hybridized carbons (Fsp3) is 0.500.